The van der Waals surface area contributed by atoms with Gasteiger partial charge in [-0.2, -0.15) is 15.0 Å². The summed E-state index contributed by atoms with van der Waals surface area (Å²) in [4.78, 5) is 107. The molecule has 3 aliphatic carbocycles. The van der Waals surface area contributed by atoms with Crippen LogP contribution in [0.3, 0.4) is 0 Å². The first-order chi connectivity index (χ1) is 55.4. The topological polar surface area (TPSA) is 660 Å². The van der Waals surface area contributed by atoms with Crippen LogP contribution in [-0.4, -0.2) is 244 Å². The highest BCUT2D eigenvalue weighted by molar-refractivity contribution is 5.19. The molecule has 3 saturated carbocycles. The van der Waals surface area contributed by atoms with Crippen LogP contribution in [0.4, 0.5) is 0 Å². The van der Waals surface area contributed by atoms with Gasteiger partial charge in [-0.3, -0.25) is 56.8 Å². The SMILES string of the molecule is CC[C@]12COc3nc(=O)ccn3[C@H](O1)[C@@H]1OC3(CCCC3)O[C@@H]12.[N-]=[N+]=NC[C@]1(CO)O[C@@H](n2ccc(=O)[nH]c2=O)[C@@H]2OC3(CCCC3)O[C@@H]21.[N-]=[N+]=NC[C@]1(CO)O[C@@H](n2ccc(=O)[nH]c2=O)[C@H](O)[C@@H]1O.[N-]=[N+]=NC[C@]1(CO)O[C@@H]2[C@@H](Oc3nc(=O)ccn32)[C@@H]1O.[N-]=[N+]=NC[C@]12COc3nc(=O)ccn3[C@H](O1)[C@@H]1OC3(CCCC3)O[C@@H]12. The van der Waals surface area contributed by atoms with Gasteiger partial charge in [-0.05, 0) is 67.1 Å². The zero-order valence-electron chi connectivity index (χ0n) is 61.2. The van der Waals surface area contributed by atoms with E-state index in [1.165, 1.54) is 45.8 Å². The standard InChI is InChI=1S/C16H20N2O5.C15H19N5O6.C15H17N5O5.C10H13N5O6.C10H11N5O5/c1-2-15-9-20-14-17-10(19)5-8-18(14)13(23-15)11-12(15)22-16(21-11)6-3-4-7-16;16-19-17-7-14(8-21)11-10(24-15(25-11)4-1-2-5-15)12(26-14)20-6-3-9(22)18-13(20)23;16-19-17-7-14-8-22-13-18-9(21)3-6-20(13)12(25-14)10-11(14)24-15(23-10)4-1-2-5-15;11-14-12-3-10(4-16)7(19)6(18)8(21-10)15-2-1-5(17)13-9(15)20;11-14-12-3-10(4-16)7(18)6-8(20-10)15-2-1-5(17)13-9(15)19-6/h5,8,11-13H,2-4,6-7,9H2,1H3;3,6,10-12,21H,1-2,4-5,7-8H2,(H,18,22,23);3,6,10-12H,1-2,4-5,7-8H2;1-2,6-8,16,18-19H,3-4H2,(H,13,17,20);1-2,6-8,16,18H,3-4H2/t11-,12+,13-,15-;2*10-,11+,12-,14-;6-,7+,8-,10-;6-,7-,8+,10+/m11110/s1. The van der Waals surface area contributed by atoms with Gasteiger partial charge >= 0.3 is 29.4 Å². The fraction of sp³-hybridized carbons (Fsp3) is 0.697. The maximum Gasteiger partial charge on any atom is 0.330 e. The molecule has 4 bridgehead atoms. The van der Waals surface area contributed by atoms with Crippen molar-refractivity contribution in [1.82, 2.24) is 47.8 Å². The molecule has 8 saturated heterocycles. The third-order valence-corrected chi connectivity index (χ3v) is 23.2. The molecule has 0 unspecified atom stereocenters. The largest absolute Gasteiger partial charge is 0.461 e. The molecule has 11 fully saturated rings. The number of nitrogens with zero attached hydrogens (tertiary/aromatic N) is 20. The lowest BCUT2D eigenvalue weighted by Crippen LogP contribution is -2.50. The van der Waals surface area contributed by atoms with E-state index in [-0.39, 0.29) is 73.9 Å². The summed E-state index contributed by atoms with van der Waals surface area (Å²) in [5.74, 6) is -1.84. The smallest absolute Gasteiger partial charge is 0.330 e. The van der Waals surface area contributed by atoms with Crippen molar-refractivity contribution in [3.63, 3.8) is 0 Å². The molecule has 19 rings (SSSR count). The van der Waals surface area contributed by atoms with Gasteiger partial charge in [0.2, 0.25) is 0 Å². The number of aliphatic hydroxyl groups excluding tert-OH is 6. The summed E-state index contributed by atoms with van der Waals surface area (Å²) < 4.78 is 91.2. The molecule has 3 spiro atoms. The molecule has 49 nitrogen and oxygen atoms in total. The Morgan fingerprint density at radius 1 is 0.426 bits per heavy atom. The van der Waals surface area contributed by atoms with E-state index in [1.807, 2.05) is 4.98 Å². The molecule has 616 valence electrons. The number of aliphatic hydroxyl groups is 6. The highest BCUT2D eigenvalue weighted by Gasteiger charge is 2.70. The maximum atomic E-state index is 12.2. The van der Waals surface area contributed by atoms with Gasteiger partial charge in [0.05, 0.1) is 46.0 Å². The van der Waals surface area contributed by atoms with E-state index in [2.05, 4.69) is 67.0 Å². The number of hydrogen-bond acceptors (Lipinski definition) is 34. The quantitative estimate of drug-likeness (QED) is 0.0397. The molecule has 16 heterocycles. The van der Waals surface area contributed by atoms with E-state index in [0.29, 0.717) is 25.5 Å². The highest BCUT2D eigenvalue weighted by atomic mass is 16.8. The second-order valence-corrected chi connectivity index (χ2v) is 29.9. The van der Waals surface area contributed by atoms with Crippen molar-refractivity contribution in [3.8, 4) is 18.0 Å². The number of ether oxygens (including phenoxy) is 14. The number of fused-ring (bicyclic) bond motifs is 18. The van der Waals surface area contributed by atoms with E-state index >= 15 is 0 Å². The number of rotatable bonds is 14. The molecule has 115 heavy (non-hydrogen) atoms. The van der Waals surface area contributed by atoms with Crippen molar-refractivity contribution in [1.29, 1.82) is 0 Å². The summed E-state index contributed by atoms with van der Waals surface area (Å²) in [5.41, 5.74) is 24.3. The first-order valence-electron chi connectivity index (χ1n) is 37.1. The first-order valence-corrected chi connectivity index (χ1v) is 37.1. The Morgan fingerprint density at radius 3 is 1.24 bits per heavy atom. The summed E-state index contributed by atoms with van der Waals surface area (Å²) in [7, 11) is 0. The molecule has 5 aromatic heterocycles. The predicted octanol–water partition coefficient (Wildman–Crippen LogP) is -0.439. The number of nitrogens with one attached hydrogen (secondary N) is 2. The minimum absolute atomic E-state index is 0.0434. The van der Waals surface area contributed by atoms with E-state index in [4.69, 9.17) is 88.4 Å². The van der Waals surface area contributed by atoms with Crippen LogP contribution in [-0.2, 0) is 52.1 Å². The lowest BCUT2D eigenvalue weighted by molar-refractivity contribution is -0.237. The molecular weight excluding hydrogens is 1530 g/mol. The second-order valence-electron chi connectivity index (χ2n) is 29.9. The number of H-pyrrole nitrogens is 2. The Morgan fingerprint density at radius 2 is 0.783 bits per heavy atom. The van der Waals surface area contributed by atoms with Crippen molar-refractivity contribution >= 4 is 0 Å². The van der Waals surface area contributed by atoms with Gasteiger partial charge < -0.3 is 97.0 Å². The van der Waals surface area contributed by atoms with Gasteiger partial charge in [0.1, 0.15) is 96.2 Å². The number of hydrogen-bond donors (Lipinski definition) is 8. The first kappa shape index (κ1) is 80.2. The van der Waals surface area contributed by atoms with Crippen LogP contribution < -0.4 is 53.4 Å². The molecule has 0 aromatic carbocycles. The van der Waals surface area contributed by atoms with E-state index in [9.17, 15) is 64.2 Å². The van der Waals surface area contributed by atoms with Crippen LogP contribution in [0.2, 0.25) is 0 Å². The maximum absolute atomic E-state index is 12.2. The van der Waals surface area contributed by atoms with Gasteiger partial charge in [-0.15, -0.1) is 0 Å². The van der Waals surface area contributed by atoms with Gasteiger partial charge in [0.15, 0.2) is 54.6 Å². The normalized spacial score (nSPS) is 35.6. The number of aromatic nitrogens is 10. The summed E-state index contributed by atoms with van der Waals surface area (Å²) in [6, 6.07) is 6.76. The van der Waals surface area contributed by atoms with Crippen LogP contribution in [0.5, 0.6) is 18.0 Å². The minimum Gasteiger partial charge on any atom is -0.461 e. The zero-order chi connectivity index (χ0) is 81.0. The highest BCUT2D eigenvalue weighted by Crippen LogP contribution is 2.58. The van der Waals surface area contributed by atoms with E-state index in [0.717, 1.165) is 87.5 Å². The monoisotopic (exact) mass is 1610 g/mol. The van der Waals surface area contributed by atoms with E-state index < -0.39 is 167 Å². The molecule has 5 aromatic rings. The Labute approximate surface area is 644 Å². The molecule has 0 amide bonds. The molecule has 14 aliphatic rings. The molecule has 49 heteroatoms. The summed E-state index contributed by atoms with van der Waals surface area (Å²) >= 11 is 0. The van der Waals surface area contributed by atoms with Crippen molar-refractivity contribution in [2.75, 3.05) is 59.2 Å². The van der Waals surface area contributed by atoms with Crippen LogP contribution in [0, 0.1) is 0 Å². The Hall–Kier alpha value is -10.0. The van der Waals surface area contributed by atoms with Crippen LogP contribution in [0.25, 0.3) is 41.8 Å². The summed E-state index contributed by atoms with van der Waals surface area (Å²) in [6.45, 7) is -0.0793. The second kappa shape index (κ2) is 31.5. The average molecular weight is 1610 g/mol. The van der Waals surface area contributed by atoms with Gasteiger partial charge in [-0.1, -0.05) is 27.4 Å². The molecule has 8 N–H and O–H groups in total. The lowest BCUT2D eigenvalue weighted by atomic mass is 9.93. The zero-order valence-corrected chi connectivity index (χ0v) is 61.2. The summed E-state index contributed by atoms with van der Waals surface area (Å²) in [6.07, 6.45) is 7.40. The van der Waals surface area contributed by atoms with E-state index in [1.54, 1.807) is 21.5 Å². The molecular formula is C66H80N22O27. The average Bonchev–Trinajstić information content (AvgIpc) is 1.56. The molecule has 11 aliphatic heterocycles. The van der Waals surface area contributed by atoms with Crippen LogP contribution in [0.1, 0.15) is 122 Å². The minimum atomic E-state index is -1.73. The number of aromatic amines is 2. The van der Waals surface area contributed by atoms with Gasteiger partial charge in [0, 0.05) is 119 Å². The van der Waals surface area contributed by atoms with Gasteiger partial charge in [-0.25, -0.2) is 9.59 Å². The fourth-order valence-electron chi connectivity index (χ4n) is 17.4. The predicted molar refractivity (Wildman–Crippen MR) is 376 cm³/mol. The third kappa shape index (κ3) is 14.3. The third-order valence-electron chi connectivity index (χ3n) is 23.2. The Kier molecular flexibility index (Phi) is 22.0. The molecule has 20 atom stereocenters. The van der Waals surface area contributed by atoms with Crippen LogP contribution >= 0.6 is 0 Å². The van der Waals surface area contributed by atoms with Crippen LogP contribution in [0.15, 0.2) is 115 Å². The van der Waals surface area contributed by atoms with Gasteiger partial charge in [0.25, 0.3) is 27.8 Å². The Bertz CT molecular complexity index is 5140. The van der Waals surface area contributed by atoms with Crippen molar-refractivity contribution in [2.24, 2.45) is 20.5 Å². The van der Waals surface area contributed by atoms with Crippen molar-refractivity contribution < 1.29 is 97.0 Å². The molecule has 0 radical (unpaired) electrons. The fourth-order valence-corrected chi connectivity index (χ4v) is 17.4. The summed E-state index contributed by atoms with van der Waals surface area (Å²) in [5, 5.41) is 73.0. The van der Waals surface area contributed by atoms with Crippen molar-refractivity contribution in [2.45, 2.75) is 228 Å². The lowest BCUT2D eigenvalue weighted by Gasteiger charge is -2.33. The van der Waals surface area contributed by atoms with Crippen molar-refractivity contribution in [3.05, 3.63) is 176 Å². The number of azide groups is 4. The Balaban J connectivity index is 0.000000113.